The molecule has 42 heavy (non-hydrogen) atoms. The molecule has 0 bridgehead atoms. The fraction of sp³-hybridized carbons (Fsp3) is 0.100. The monoisotopic (exact) mass is 540 g/mol. The molecule has 0 saturated carbocycles. The van der Waals surface area contributed by atoms with E-state index in [9.17, 15) is 0 Å². The lowest BCUT2D eigenvalue weighted by molar-refractivity contribution is 0.757. The highest BCUT2D eigenvalue weighted by molar-refractivity contribution is 6.27. The van der Waals surface area contributed by atoms with Crippen LogP contribution in [0.1, 0.15) is 19.3 Å². The average Bonchev–Trinajstić information content (AvgIpc) is 3.07. The number of nitrogens with zero attached hydrogens (tertiary/aromatic N) is 2. The third kappa shape index (κ3) is 4.11. The molecule has 6 aromatic rings. The lowest BCUT2D eigenvalue weighted by Gasteiger charge is -2.35. The molecule has 1 atom stereocenters. The van der Waals surface area contributed by atoms with Gasteiger partial charge in [-0.1, -0.05) is 109 Å². The summed E-state index contributed by atoms with van der Waals surface area (Å²) in [6.07, 6.45) is 19.2. The average molecular weight is 541 g/mol. The Labute approximate surface area is 247 Å². The normalized spacial score (nSPS) is 16.4. The Hall–Kier alpha value is -5.08. The highest BCUT2D eigenvalue weighted by atomic mass is 15.2. The van der Waals surface area contributed by atoms with Crippen molar-refractivity contribution in [3.63, 3.8) is 0 Å². The molecule has 6 aromatic carbocycles. The van der Waals surface area contributed by atoms with E-state index >= 15 is 0 Å². The topological polar surface area (TPSA) is 6.48 Å². The summed E-state index contributed by atoms with van der Waals surface area (Å²) in [7, 11) is 0. The quantitative estimate of drug-likeness (QED) is 0.194. The van der Waals surface area contributed by atoms with Crippen molar-refractivity contribution in [3.8, 4) is 0 Å². The van der Waals surface area contributed by atoms with Crippen molar-refractivity contribution in [1.29, 1.82) is 0 Å². The molecule has 202 valence electrons. The van der Waals surface area contributed by atoms with Crippen LogP contribution in [0.5, 0.6) is 0 Å². The fourth-order valence-corrected chi connectivity index (χ4v) is 6.80. The summed E-state index contributed by atoms with van der Waals surface area (Å²) in [5.41, 5.74) is 6.06. The van der Waals surface area contributed by atoms with Crippen LogP contribution in [0.3, 0.4) is 0 Å². The molecule has 0 spiro atoms. The van der Waals surface area contributed by atoms with Gasteiger partial charge in [-0.05, 0) is 83.3 Å². The molecule has 2 aliphatic rings. The minimum Gasteiger partial charge on any atom is -0.334 e. The summed E-state index contributed by atoms with van der Waals surface area (Å²) in [5.74, 6) is 0. The van der Waals surface area contributed by atoms with Gasteiger partial charge in [0.25, 0.3) is 0 Å². The molecule has 0 radical (unpaired) electrons. The Morgan fingerprint density at radius 3 is 1.76 bits per heavy atom. The van der Waals surface area contributed by atoms with Gasteiger partial charge >= 0.3 is 0 Å². The molecule has 2 heteroatoms. The Bertz CT molecular complexity index is 1970. The molecule has 0 aromatic heterocycles. The zero-order valence-electron chi connectivity index (χ0n) is 23.5. The van der Waals surface area contributed by atoms with E-state index in [2.05, 4.69) is 162 Å². The number of anilines is 4. The summed E-state index contributed by atoms with van der Waals surface area (Å²) < 4.78 is 0. The molecule has 0 amide bonds. The smallest absolute Gasteiger partial charge is 0.0559 e. The number of allylic oxidation sites excluding steroid dienone is 5. The van der Waals surface area contributed by atoms with Crippen molar-refractivity contribution in [2.75, 3.05) is 9.80 Å². The molecule has 2 aliphatic carbocycles. The second-order valence-corrected chi connectivity index (χ2v) is 11.2. The Balaban J connectivity index is 1.39. The van der Waals surface area contributed by atoms with Crippen LogP contribution in [-0.2, 0) is 0 Å². The maximum Gasteiger partial charge on any atom is 0.0559 e. The maximum absolute atomic E-state index is 2.56. The van der Waals surface area contributed by atoms with Crippen LogP contribution >= 0.6 is 0 Å². The van der Waals surface area contributed by atoms with E-state index in [0.717, 1.165) is 30.6 Å². The molecular weight excluding hydrogens is 508 g/mol. The van der Waals surface area contributed by atoms with Crippen molar-refractivity contribution < 1.29 is 0 Å². The van der Waals surface area contributed by atoms with E-state index in [1.807, 2.05) is 0 Å². The molecule has 0 heterocycles. The third-order valence-corrected chi connectivity index (χ3v) is 8.69. The predicted octanol–water partition coefficient (Wildman–Crippen LogP) is 11.0. The highest BCUT2D eigenvalue weighted by Crippen LogP contribution is 2.46. The van der Waals surface area contributed by atoms with Crippen LogP contribution in [0.2, 0.25) is 0 Å². The van der Waals surface area contributed by atoms with Gasteiger partial charge in [0.1, 0.15) is 0 Å². The van der Waals surface area contributed by atoms with E-state index in [4.69, 9.17) is 0 Å². The first-order chi connectivity index (χ1) is 20.9. The predicted molar refractivity (Wildman–Crippen MR) is 180 cm³/mol. The van der Waals surface area contributed by atoms with Crippen LogP contribution in [0.25, 0.3) is 32.3 Å². The summed E-state index contributed by atoms with van der Waals surface area (Å²) in [6, 6.07) is 40.2. The molecular formula is C40H32N2. The second-order valence-electron chi connectivity index (χ2n) is 11.2. The third-order valence-electron chi connectivity index (χ3n) is 8.69. The van der Waals surface area contributed by atoms with Crippen molar-refractivity contribution in [2.24, 2.45) is 0 Å². The van der Waals surface area contributed by atoms with E-state index in [1.54, 1.807) is 0 Å². The van der Waals surface area contributed by atoms with Gasteiger partial charge in [-0.15, -0.1) is 0 Å². The summed E-state index contributed by atoms with van der Waals surface area (Å²) in [5, 5.41) is 7.78. The Kier molecular flexibility index (Phi) is 6.11. The Morgan fingerprint density at radius 1 is 0.548 bits per heavy atom. The lowest BCUT2D eigenvalue weighted by Crippen LogP contribution is -2.33. The first-order valence-corrected chi connectivity index (χ1v) is 15.0. The minimum absolute atomic E-state index is 0.282. The van der Waals surface area contributed by atoms with Gasteiger partial charge in [-0.25, -0.2) is 0 Å². The van der Waals surface area contributed by atoms with E-state index in [-0.39, 0.29) is 6.04 Å². The molecule has 2 nitrogen and oxygen atoms in total. The van der Waals surface area contributed by atoms with Crippen LogP contribution < -0.4 is 9.80 Å². The van der Waals surface area contributed by atoms with Gasteiger partial charge in [0, 0.05) is 33.5 Å². The lowest BCUT2D eigenvalue weighted by atomic mass is 9.91. The second kappa shape index (κ2) is 10.4. The Morgan fingerprint density at radius 2 is 1.17 bits per heavy atom. The van der Waals surface area contributed by atoms with Gasteiger partial charge in [0.2, 0.25) is 0 Å². The van der Waals surface area contributed by atoms with Gasteiger partial charge in [0.05, 0.1) is 11.7 Å². The minimum atomic E-state index is 0.282. The molecule has 0 N–H and O–H groups in total. The van der Waals surface area contributed by atoms with Gasteiger partial charge in [-0.2, -0.15) is 0 Å². The number of hydrogen-bond acceptors (Lipinski definition) is 2. The maximum atomic E-state index is 2.56. The largest absolute Gasteiger partial charge is 0.334 e. The molecule has 0 aliphatic heterocycles. The first kappa shape index (κ1) is 24.7. The van der Waals surface area contributed by atoms with E-state index in [0.29, 0.717) is 0 Å². The van der Waals surface area contributed by atoms with Crippen LogP contribution in [0.4, 0.5) is 22.7 Å². The van der Waals surface area contributed by atoms with Crippen molar-refractivity contribution in [2.45, 2.75) is 25.3 Å². The van der Waals surface area contributed by atoms with Crippen LogP contribution in [0, 0.1) is 0 Å². The van der Waals surface area contributed by atoms with Crippen molar-refractivity contribution in [1.82, 2.24) is 0 Å². The zero-order valence-corrected chi connectivity index (χ0v) is 23.5. The standard InChI is InChI=1S/C40H32N2/c1-5-13-31(14-6-1)41(32-15-7-2-8-16-32)37-27-23-29-21-22-30-24-28-38(36-26-25-35(37)39(29)40(30)36)42(33-17-9-3-10-18-33)34-19-11-4-12-20-34/h1-3,5-11,13-17,19-28,33H,4,12,18H2. The highest BCUT2D eigenvalue weighted by Gasteiger charge is 2.24. The molecule has 0 saturated heterocycles. The number of rotatable bonds is 6. The van der Waals surface area contributed by atoms with Crippen LogP contribution in [0.15, 0.2) is 157 Å². The van der Waals surface area contributed by atoms with Gasteiger partial charge in [-0.3, -0.25) is 0 Å². The van der Waals surface area contributed by atoms with Crippen molar-refractivity contribution >= 4 is 55.1 Å². The van der Waals surface area contributed by atoms with Gasteiger partial charge < -0.3 is 9.80 Å². The van der Waals surface area contributed by atoms with Crippen molar-refractivity contribution in [3.05, 3.63) is 157 Å². The van der Waals surface area contributed by atoms with E-state index in [1.165, 1.54) is 49.4 Å². The fourth-order valence-electron chi connectivity index (χ4n) is 6.80. The first-order valence-electron chi connectivity index (χ1n) is 15.0. The summed E-state index contributed by atoms with van der Waals surface area (Å²) in [6.45, 7) is 0. The number of para-hydroxylation sites is 2. The molecule has 8 rings (SSSR count). The SMILES string of the molecule is C1=CCC(N(C2=CCCC=C2)c2ccc3ccc4ccc(N(c5ccccc5)c5ccccc5)c5ccc2c3c45)C=C1. The van der Waals surface area contributed by atoms with Crippen LogP contribution in [-0.4, -0.2) is 6.04 Å². The molecule has 0 fully saturated rings. The number of hydrogen-bond donors (Lipinski definition) is 0. The van der Waals surface area contributed by atoms with E-state index < -0.39 is 0 Å². The summed E-state index contributed by atoms with van der Waals surface area (Å²) >= 11 is 0. The number of benzene rings is 6. The summed E-state index contributed by atoms with van der Waals surface area (Å²) in [4.78, 5) is 4.94. The zero-order chi connectivity index (χ0) is 27.9. The molecule has 1 unspecified atom stereocenters. The van der Waals surface area contributed by atoms with Gasteiger partial charge in [0.15, 0.2) is 0 Å².